The molecule has 2 rings (SSSR count). The topological polar surface area (TPSA) is 12.0 Å². The van der Waals surface area contributed by atoms with Gasteiger partial charge in [-0.2, -0.15) is 0 Å². The van der Waals surface area contributed by atoms with Crippen LogP contribution in [0, 0.1) is 0 Å². The van der Waals surface area contributed by atoms with Gasteiger partial charge in [0.25, 0.3) is 0 Å². The number of hydrogen-bond donors (Lipinski definition) is 1. The molecule has 0 aliphatic carbocycles. The number of benzene rings is 2. The Morgan fingerprint density at radius 1 is 0.941 bits per heavy atom. The van der Waals surface area contributed by atoms with Crippen molar-refractivity contribution in [2.24, 2.45) is 0 Å². The molecule has 0 saturated carbocycles. The molecule has 0 bridgehead atoms. The Bertz CT molecular complexity index is 450. The van der Waals surface area contributed by atoms with Crippen LogP contribution in [0.2, 0.25) is 0 Å². The van der Waals surface area contributed by atoms with E-state index < -0.39 is 0 Å². The molecule has 17 heavy (non-hydrogen) atoms. The minimum absolute atomic E-state index is 0.327. The van der Waals surface area contributed by atoms with Crippen molar-refractivity contribution in [2.45, 2.75) is 17.9 Å². The minimum Gasteiger partial charge on any atom is -0.379 e. The van der Waals surface area contributed by atoms with Crippen molar-refractivity contribution in [3.8, 4) is 0 Å². The molecule has 0 radical (unpaired) electrons. The summed E-state index contributed by atoms with van der Waals surface area (Å²) in [6, 6.07) is 19.3. The third kappa shape index (κ3) is 3.27. The molecule has 2 aromatic carbocycles. The highest BCUT2D eigenvalue weighted by atomic mass is 32.2. The SMILES string of the molecule is CSc1ccc(C(C)Nc2ccccc2)cc1. The molecule has 2 aromatic rings. The lowest BCUT2D eigenvalue weighted by atomic mass is 10.1. The second-order valence-electron chi connectivity index (χ2n) is 4.01. The van der Waals surface area contributed by atoms with Crippen molar-refractivity contribution < 1.29 is 0 Å². The summed E-state index contributed by atoms with van der Waals surface area (Å²) in [5.74, 6) is 0. The first kappa shape index (κ1) is 12.1. The van der Waals surface area contributed by atoms with E-state index in [4.69, 9.17) is 0 Å². The first-order chi connectivity index (χ1) is 8.29. The highest BCUT2D eigenvalue weighted by Crippen LogP contribution is 2.21. The van der Waals surface area contributed by atoms with Gasteiger partial charge in [0.05, 0.1) is 0 Å². The van der Waals surface area contributed by atoms with Gasteiger partial charge in [0.1, 0.15) is 0 Å². The second kappa shape index (κ2) is 5.78. The average molecular weight is 243 g/mol. The monoisotopic (exact) mass is 243 g/mol. The summed E-state index contributed by atoms with van der Waals surface area (Å²) in [5.41, 5.74) is 2.47. The van der Waals surface area contributed by atoms with E-state index in [-0.39, 0.29) is 0 Å². The zero-order valence-electron chi connectivity index (χ0n) is 10.2. The molecule has 0 aromatic heterocycles. The first-order valence-electron chi connectivity index (χ1n) is 5.75. The standard InChI is InChI=1S/C15H17NS/c1-12(16-14-6-4-3-5-7-14)13-8-10-15(17-2)11-9-13/h3-12,16H,1-2H3. The maximum Gasteiger partial charge on any atom is 0.0485 e. The lowest BCUT2D eigenvalue weighted by Gasteiger charge is -2.15. The largest absolute Gasteiger partial charge is 0.379 e. The fourth-order valence-electron chi connectivity index (χ4n) is 1.76. The van der Waals surface area contributed by atoms with Crippen LogP contribution in [0.25, 0.3) is 0 Å². The predicted molar refractivity (Wildman–Crippen MR) is 76.7 cm³/mol. The van der Waals surface area contributed by atoms with Crippen LogP contribution in [-0.4, -0.2) is 6.26 Å². The van der Waals surface area contributed by atoms with Crippen LogP contribution in [-0.2, 0) is 0 Å². The number of anilines is 1. The van der Waals surface area contributed by atoms with Crippen LogP contribution >= 0.6 is 11.8 Å². The summed E-state index contributed by atoms with van der Waals surface area (Å²) in [6.07, 6.45) is 2.10. The van der Waals surface area contributed by atoms with Gasteiger partial charge in [0, 0.05) is 16.6 Å². The Morgan fingerprint density at radius 2 is 1.59 bits per heavy atom. The van der Waals surface area contributed by atoms with Crippen molar-refractivity contribution in [2.75, 3.05) is 11.6 Å². The number of hydrogen-bond acceptors (Lipinski definition) is 2. The summed E-state index contributed by atoms with van der Waals surface area (Å²) in [4.78, 5) is 1.31. The highest BCUT2D eigenvalue weighted by Gasteiger charge is 2.04. The van der Waals surface area contributed by atoms with E-state index in [2.05, 4.69) is 54.9 Å². The lowest BCUT2D eigenvalue weighted by Crippen LogP contribution is -2.06. The number of nitrogens with one attached hydrogen (secondary N) is 1. The van der Waals surface area contributed by atoms with E-state index in [1.165, 1.54) is 10.5 Å². The smallest absolute Gasteiger partial charge is 0.0485 e. The summed E-state index contributed by atoms with van der Waals surface area (Å²) < 4.78 is 0. The Kier molecular flexibility index (Phi) is 4.10. The van der Waals surface area contributed by atoms with E-state index >= 15 is 0 Å². The first-order valence-corrected chi connectivity index (χ1v) is 6.97. The molecular weight excluding hydrogens is 226 g/mol. The number of para-hydroxylation sites is 1. The van der Waals surface area contributed by atoms with E-state index in [1.54, 1.807) is 11.8 Å². The molecule has 0 aliphatic heterocycles. The maximum atomic E-state index is 3.49. The van der Waals surface area contributed by atoms with Crippen LogP contribution in [0.1, 0.15) is 18.5 Å². The van der Waals surface area contributed by atoms with E-state index in [1.807, 2.05) is 18.2 Å². The lowest BCUT2D eigenvalue weighted by molar-refractivity contribution is 0.883. The Balaban J connectivity index is 2.06. The molecule has 0 saturated heterocycles. The van der Waals surface area contributed by atoms with Gasteiger partial charge in [-0.05, 0) is 43.0 Å². The van der Waals surface area contributed by atoms with Crippen LogP contribution in [0.15, 0.2) is 59.5 Å². The van der Waals surface area contributed by atoms with Gasteiger partial charge in [-0.3, -0.25) is 0 Å². The van der Waals surface area contributed by atoms with E-state index in [9.17, 15) is 0 Å². The van der Waals surface area contributed by atoms with Crippen molar-refractivity contribution in [1.82, 2.24) is 0 Å². The molecule has 0 aliphatic rings. The summed E-state index contributed by atoms with van der Waals surface area (Å²) in [5, 5.41) is 3.49. The summed E-state index contributed by atoms with van der Waals surface area (Å²) >= 11 is 1.77. The van der Waals surface area contributed by atoms with Gasteiger partial charge < -0.3 is 5.32 Å². The van der Waals surface area contributed by atoms with Crippen LogP contribution in [0.4, 0.5) is 5.69 Å². The molecule has 1 atom stereocenters. The molecule has 0 amide bonds. The fraction of sp³-hybridized carbons (Fsp3) is 0.200. The van der Waals surface area contributed by atoms with Gasteiger partial charge in [0.2, 0.25) is 0 Å². The molecule has 2 heteroatoms. The third-order valence-electron chi connectivity index (χ3n) is 2.77. The zero-order chi connectivity index (χ0) is 12.1. The van der Waals surface area contributed by atoms with Gasteiger partial charge in [0.15, 0.2) is 0 Å². The van der Waals surface area contributed by atoms with Gasteiger partial charge >= 0.3 is 0 Å². The maximum absolute atomic E-state index is 3.49. The second-order valence-corrected chi connectivity index (χ2v) is 4.88. The van der Waals surface area contributed by atoms with Crippen molar-refractivity contribution in [1.29, 1.82) is 0 Å². The molecule has 0 spiro atoms. The Hall–Kier alpha value is -1.41. The van der Waals surface area contributed by atoms with E-state index in [0.717, 1.165) is 5.69 Å². The molecule has 0 fully saturated rings. The predicted octanol–water partition coefficient (Wildman–Crippen LogP) is 4.58. The van der Waals surface area contributed by atoms with E-state index in [0.29, 0.717) is 6.04 Å². The summed E-state index contributed by atoms with van der Waals surface area (Å²) in [6.45, 7) is 2.18. The fourth-order valence-corrected chi connectivity index (χ4v) is 2.17. The van der Waals surface area contributed by atoms with Gasteiger partial charge in [-0.1, -0.05) is 30.3 Å². The average Bonchev–Trinajstić information content (AvgIpc) is 2.40. The van der Waals surface area contributed by atoms with Gasteiger partial charge in [-0.15, -0.1) is 11.8 Å². The van der Waals surface area contributed by atoms with Crippen LogP contribution < -0.4 is 5.32 Å². The van der Waals surface area contributed by atoms with Crippen LogP contribution in [0.3, 0.4) is 0 Å². The quantitative estimate of drug-likeness (QED) is 0.789. The molecule has 88 valence electrons. The third-order valence-corrected chi connectivity index (χ3v) is 3.52. The van der Waals surface area contributed by atoms with Gasteiger partial charge in [-0.25, -0.2) is 0 Å². The molecule has 1 nitrogen and oxygen atoms in total. The minimum atomic E-state index is 0.327. The highest BCUT2D eigenvalue weighted by molar-refractivity contribution is 7.98. The normalized spacial score (nSPS) is 12.1. The number of rotatable bonds is 4. The Morgan fingerprint density at radius 3 is 2.18 bits per heavy atom. The zero-order valence-corrected chi connectivity index (χ0v) is 11.0. The molecule has 0 heterocycles. The molecule has 1 unspecified atom stereocenters. The van der Waals surface area contributed by atoms with Crippen molar-refractivity contribution in [3.63, 3.8) is 0 Å². The van der Waals surface area contributed by atoms with Crippen LogP contribution in [0.5, 0.6) is 0 Å². The molecular formula is C15H17NS. The molecule has 1 N–H and O–H groups in total. The number of thioether (sulfide) groups is 1. The Labute approximate surface area is 107 Å². The van der Waals surface area contributed by atoms with Crippen molar-refractivity contribution in [3.05, 3.63) is 60.2 Å². The van der Waals surface area contributed by atoms with Crippen molar-refractivity contribution >= 4 is 17.4 Å². The summed E-state index contributed by atoms with van der Waals surface area (Å²) in [7, 11) is 0.